The Morgan fingerprint density at radius 1 is 0.889 bits per heavy atom. The number of hydrogen-bond acceptors (Lipinski definition) is 4. The summed E-state index contributed by atoms with van der Waals surface area (Å²) in [4.78, 5) is 12.9. The van der Waals surface area contributed by atoms with Crippen LogP contribution in [0.1, 0.15) is 45.5 Å². The molecule has 4 N–H and O–H groups in total. The van der Waals surface area contributed by atoms with E-state index in [2.05, 4.69) is 26.1 Å². The van der Waals surface area contributed by atoms with Crippen LogP contribution in [0.3, 0.4) is 0 Å². The van der Waals surface area contributed by atoms with Crippen LogP contribution in [0.2, 0.25) is 0 Å². The molecule has 0 saturated carbocycles. The molecule has 0 spiro atoms. The molecular formula is C28H31F2N5O. The number of nitrogens with one attached hydrogen (secondary N) is 4. The minimum atomic E-state index is -0.446. The van der Waals surface area contributed by atoms with Crippen molar-refractivity contribution in [2.24, 2.45) is 0 Å². The highest BCUT2D eigenvalue weighted by atomic mass is 19.1. The third-order valence-electron chi connectivity index (χ3n) is 6.35. The molecule has 0 unspecified atom stereocenters. The molecule has 0 bridgehead atoms. The second kappa shape index (κ2) is 11.9. The fraction of sp³-hybridized carbons (Fsp3) is 0.286. The van der Waals surface area contributed by atoms with E-state index in [9.17, 15) is 13.6 Å². The first-order chi connectivity index (χ1) is 17.4. The molecule has 0 radical (unpaired) electrons. The molecule has 0 fully saturated rings. The van der Waals surface area contributed by atoms with Gasteiger partial charge in [-0.1, -0.05) is 12.2 Å². The Kier molecular flexibility index (Phi) is 8.40. The zero-order valence-corrected chi connectivity index (χ0v) is 20.6. The summed E-state index contributed by atoms with van der Waals surface area (Å²) in [6.45, 7) is 6.68. The molecule has 1 amide bonds. The lowest BCUT2D eigenvalue weighted by Gasteiger charge is -2.18. The molecule has 3 aromatic rings. The third-order valence-corrected chi connectivity index (χ3v) is 6.35. The quantitative estimate of drug-likeness (QED) is 0.414. The first-order valence-corrected chi connectivity index (χ1v) is 12.1. The van der Waals surface area contributed by atoms with Crippen LogP contribution in [-0.2, 0) is 0 Å². The maximum atomic E-state index is 14.8. The molecule has 3 heterocycles. The number of amides is 1. The number of benzene rings is 2. The van der Waals surface area contributed by atoms with E-state index in [0.717, 1.165) is 49.2 Å². The molecule has 0 saturated heterocycles. The van der Waals surface area contributed by atoms with Gasteiger partial charge in [-0.15, -0.1) is 0 Å². The zero-order chi connectivity index (χ0) is 25.5. The maximum Gasteiger partial charge on any atom is 0.256 e. The SMILES string of the molecule is Cc1cc(C2=CCNCC2)c(F)cc1NC(=O)c1cc(F)c(C2=CCNCC2)cc1C.c1cn[nH]c1. The molecule has 0 aliphatic carbocycles. The molecule has 2 aromatic carbocycles. The molecule has 5 rings (SSSR count). The fourth-order valence-corrected chi connectivity index (χ4v) is 4.37. The third kappa shape index (κ3) is 6.13. The molecule has 36 heavy (non-hydrogen) atoms. The Bertz CT molecular complexity index is 1260. The molecule has 2 aliphatic rings. The van der Waals surface area contributed by atoms with Gasteiger partial charge in [0.25, 0.3) is 5.91 Å². The van der Waals surface area contributed by atoms with Crippen molar-refractivity contribution in [3.05, 3.63) is 94.3 Å². The van der Waals surface area contributed by atoms with Gasteiger partial charge in [-0.2, -0.15) is 5.10 Å². The van der Waals surface area contributed by atoms with Gasteiger partial charge in [0.1, 0.15) is 11.6 Å². The van der Waals surface area contributed by atoms with Gasteiger partial charge in [-0.25, -0.2) is 8.78 Å². The van der Waals surface area contributed by atoms with E-state index < -0.39 is 11.7 Å². The Hall–Kier alpha value is -3.62. The summed E-state index contributed by atoms with van der Waals surface area (Å²) in [5, 5.41) is 15.4. The van der Waals surface area contributed by atoms with E-state index in [0.29, 0.717) is 28.9 Å². The van der Waals surface area contributed by atoms with Gasteiger partial charge in [0.05, 0.1) is 0 Å². The van der Waals surface area contributed by atoms with Crippen LogP contribution >= 0.6 is 0 Å². The molecular weight excluding hydrogens is 460 g/mol. The van der Waals surface area contributed by atoms with E-state index >= 15 is 0 Å². The highest BCUT2D eigenvalue weighted by molar-refractivity contribution is 6.06. The summed E-state index contributed by atoms with van der Waals surface area (Å²) in [6.07, 6.45) is 8.94. The maximum absolute atomic E-state index is 14.8. The highest BCUT2D eigenvalue weighted by Gasteiger charge is 2.19. The Morgan fingerprint density at radius 3 is 2.00 bits per heavy atom. The van der Waals surface area contributed by atoms with Crippen LogP contribution in [0.4, 0.5) is 14.5 Å². The van der Waals surface area contributed by atoms with Crippen molar-refractivity contribution >= 4 is 22.7 Å². The summed E-state index contributed by atoms with van der Waals surface area (Å²) in [5.41, 5.74) is 5.12. The lowest BCUT2D eigenvalue weighted by Crippen LogP contribution is -2.21. The Morgan fingerprint density at radius 2 is 1.50 bits per heavy atom. The van der Waals surface area contributed by atoms with Crippen LogP contribution in [-0.4, -0.2) is 42.3 Å². The number of H-pyrrole nitrogens is 1. The predicted octanol–water partition coefficient (Wildman–Crippen LogP) is 5.00. The molecule has 2 aliphatic heterocycles. The van der Waals surface area contributed by atoms with Crippen molar-refractivity contribution in [2.45, 2.75) is 26.7 Å². The predicted molar refractivity (Wildman–Crippen MR) is 140 cm³/mol. The molecule has 0 atom stereocenters. The van der Waals surface area contributed by atoms with Crippen LogP contribution in [0.5, 0.6) is 0 Å². The van der Waals surface area contributed by atoms with Gasteiger partial charge in [0, 0.05) is 47.9 Å². The van der Waals surface area contributed by atoms with Gasteiger partial charge in [0.15, 0.2) is 0 Å². The molecule has 1 aromatic heterocycles. The second-order valence-electron chi connectivity index (χ2n) is 8.88. The van der Waals surface area contributed by atoms with Gasteiger partial charge >= 0.3 is 0 Å². The molecule has 6 nitrogen and oxygen atoms in total. The van der Waals surface area contributed by atoms with Crippen LogP contribution in [0.25, 0.3) is 11.1 Å². The minimum Gasteiger partial charge on any atom is -0.322 e. The molecule has 188 valence electrons. The second-order valence-corrected chi connectivity index (χ2v) is 8.88. The van der Waals surface area contributed by atoms with Gasteiger partial charge < -0.3 is 16.0 Å². The van der Waals surface area contributed by atoms with E-state index in [4.69, 9.17) is 0 Å². The smallest absolute Gasteiger partial charge is 0.256 e. The van der Waals surface area contributed by atoms with Crippen LogP contribution in [0, 0.1) is 25.5 Å². The first-order valence-electron chi connectivity index (χ1n) is 12.1. The number of aromatic nitrogens is 2. The van der Waals surface area contributed by atoms with Crippen molar-refractivity contribution in [2.75, 3.05) is 31.5 Å². The van der Waals surface area contributed by atoms with Crippen molar-refractivity contribution < 1.29 is 13.6 Å². The summed E-state index contributed by atoms with van der Waals surface area (Å²) in [5.74, 6) is -1.23. The Balaban J connectivity index is 0.000000543. The number of aryl methyl sites for hydroxylation is 2. The summed E-state index contributed by atoms with van der Waals surface area (Å²) in [6, 6.07) is 7.96. The Labute approximate surface area is 209 Å². The largest absolute Gasteiger partial charge is 0.322 e. The first kappa shape index (κ1) is 25.5. The number of carbonyl (C=O) groups excluding carboxylic acids is 1. The van der Waals surface area contributed by atoms with Crippen molar-refractivity contribution in [3.63, 3.8) is 0 Å². The average Bonchev–Trinajstić information content (AvgIpc) is 3.48. The zero-order valence-electron chi connectivity index (χ0n) is 20.6. The summed E-state index contributed by atoms with van der Waals surface area (Å²) in [7, 11) is 0. The number of aromatic amines is 1. The van der Waals surface area contributed by atoms with Crippen molar-refractivity contribution in [1.29, 1.82) is 0 Å². The standard InChI is InChI=1S/C25H27F2N3O.C3H4N2/c1-15-11-20(17-3-7-28-8-4-17)22(26)13-19(15)25(31)30-24-14-23(27)21(12-16(24)2)18-5-9-29-10-6-18;1-2-4-5-3-1/h3,5,11-14,28-29H,4,6-10H2,1-2H3,(H,30,31);1-3H,(H,4,5). The molecule has 8 heteroatoms. The van der Waals surface area contributed by atoms with Crippen molar-refractivity contribution in [1.82, 2.24) is 20.8 Å². The van der Waals surface area contributed by atoms with E-state index in [1.54, 1.807) is 31.5 Å². The van der Waals surface area contributed by atoms with Gasteiger partial charge in [-0.05, 0) is 92.4 Å². The van der Waals surface area contributed by atoms with E-state index in [1.165, 1.54) is 12.1 Å². The number of carbonyl (C=O) groups is 1. The number of nitrogens with zero attached hydrogens (tertiary/aromatic N) is 1. The minimum absolute atomic E-state index is 0.251. The van der Waals surface area contributed by atoms with Crippen molar-refractivity contribution in [3.8, 4) is 0 Å². The lowest BCUT2D eigenvalue weighted by atomic mass is 9.95. The van der Waals surface area contributed by atoms with Gasteiger partial charge in [0.2, 0.25) is 0 Å². The van der Waals surface area contributed by atoms with E-state index in [-0.39, 0.29) is 11.4 Å². The summed E-state index contributed by atoms with van der Waals surface area (Å²) < 4.78 is 29.6. The average molecular weight is 492 g/mol. The topological polar surface area (TPSA) is 81.8 Å². The number of anilines is 1. The van der Waals surface area contributed by atoms with Crippen LogP contribution in [0.15, 0.2) is 54.9 Å². The number of halogens is 2. The fourth-order valence-electron chi connectivity index (χ4n) is 4.37. The van der Waals surface area contributed by atoms with Gasteiger partial charge in [-0.3, -0.25) is 9.89 Å². The normalized spacial score (nSPS) is 15.3. The number of hydrogen-bond donors (Lipinski definition) is 4. The number of rotatable bonds is 4. The van der Waals surface area contributed by atoms with E-state index in [1.807, 2.05) is 25.1 Å². The highest BCUT2D eigenvalue weighted by Crippen LogP contribution is 2.29. The monoisotopic (exact) mass is 491 g/mol. The summed E-state index contributed by atoms with van der Waals surface area (Å²) >= 11 is 0. The van der Waals surface area contributed by atoms with Crippen LogP contribution < -0.4 is 16.0 Å². The lowest BCUT2D eigenvalue weighted by molar-refractivity contribution is 0.102.